The first-order valence-electron chi connectivity index (χ1n) is 13.1. The summed E-state index contributed by atoms with van der Waals surface area (Å²) in [5.74, 6) is -1.46. The number of benzene rings is 2. The fourth-order valence-corrected chi connectivity index (χ4v) is 5.53. The highest BCUT2D eigenvalue weighted by molar-refractivity contribution is 5.93. The summed E-state index contributed by atoms with van der Waals surface area (Å²) in [4.78, 5) is 52.3. The fraction of sp³-hybridized carbons (Fsp3) is 0.448. The molecule has 0 unspecified atom stereocenters. The summed E-state index contributed by atoms with van der Waals surface area (Å²) in [7, 11) is 0. The average Bonchev–Trinajstić information content (AvgIpc) is 3.15. The van der Waals surface area contributed by atoms with Gasteiger partial charge in [-0.25, -0.2) is 14.6 Å². The Hall–Kier alpha value is -3.88. The zero-order valence-corrected chi connectivity index (χ0v) is 21.9. The summed E-state index contributed by atoms with van der Waals surface area (Å²) in [5, 5.41) is 5.19. The maximum Gasteiger partial charge on any atom is 0.407 e. The number of ether oxygens (including phenoxy) is 2. The molecule has 9 nitrogen and oxygen atoms in total. The molecule has 2 heterocycles. The van der Waals surface area contributed by atoms with E-state index in [2.05, 4.69) is 17.4 Å². The number of carbonyl (C=O) groups excluding carboxylic acids is 4. The molecule has 2 aromatic carbocycles. The van der Waals surface area contributed by atoms with Crippen molar-refractivity contribution in [2.24, 2.45) is 0 Å². The number of amides is 3. The Morgan fingerprint density at radius 2 is 1.61 bits per heavy atom. The summed E-state index contributed by atoms with van der Waals surface area (Å²) < 4.78 is 11.2. The number of hydrazine groups is 1. The Morgan fingerprint density at radius 1 is 0.974 bits per heavy atom. The second-order valence-electron chi connectivity index (χ2n) is 11.0. The quantitative estimate of drug-likeness (QED) is 0.617. The molecule has 0 bridgehead atoms. The Kier molecular flexibility index (Phi) is 6.86. The van der Waals surface area contributed by atoms with Gasteiger partial charge in [0.15, 0.2) is 6.04 Å². The van der Waals surface area contributed by atoms with Crippen LogP contribution in [0.5, 0.6) is 0 Å². The smallest absolute Gasteiger partial charge is 0.407 e. The SMILES string of the molecule is CC(C)(C)OC(=O)[C@@H]1CCCN2C(=O)CC[C@H](NC(=O)OCC3c4ccccc4-c4ccccc43)C(=O)N12. The molecule has 0 aromatic heterocycles. The average molecular weight is 520 g/mol. The van der Waals surface area contributed by atoms with Gasteiger partial charge < -0.3 is 14.8 Å². The van der Waals surface area contributed by atoms with Crippen molar-refractivity contribution in [3.8, 4) is 11.1 Å². The normalized spacial score (nSPS) is 21.2. The van der Waals surface area contributed by atoms with Gasteiger partial charge in [0.1, 0.15) is 18.2 Å². The van der Waals surface area contributed by atoms with Gasteiger partial charge in [-0.05, 0) is 62.3 Å². The van der Waals surface area contributed by atoms with Crippen LogP contribution in [0.15, 0.2) is 48.5 Å². The minimum absolute atomic E-state index is 0.0671. The van der Waals surface area contributed by atoms with E-state index in [9.17, 15) is 19.2 Å². The largest absolute Gasteiger partial charge is 0.458 e. The molecule has 2 fully saturated rings. The molecule has 0 saturated carbocycles. The van der Waals surface area contributed by atoms with Crippen LogP contribution in [-0.2, 0) is 23.9 Å². The van der Waals surface area contributed by atoms with Crippen molar-refractivity contribution in [3.63, 3.8) is 0 Å². The highest BCUT2D eigenvalue weighted by Gasteiger charge is 2.46. The van der Waals surface area contributed by atoms with E-state index in [1.165, 1.54) is 10.0 Å². The summed E-state index contributed by atoms with van der Waals surface area (Å²) in [5.41, 5.74) is 3.67. The van der Waals surface area contributed by atoms with Gasteiger partial charge in [0.2, 0.25) is 5.91 Å². The molecular formula is C29H33N3O6. The summed E-state index contributed by atoms with van der Waals surface area (Å²) in [6, 6.07) is 14.1. The maximum absolute atomic E-state index is 13.6. The molecule has 2 aromatic rings. The topological polar surface area (TPSA) is 105 Å². The molecule has 1 aliphatic carbocycles. The van der Waals surface area contributed by atoms with E-state index in [1.54, 1.807) is 20.8 Å². The number of rotatable bonds is 4. The lowest BCUT2D eigenvalue weighted by molar-refractivity contribution is -0.187. The summed E-state index contributed by atoms with van der Waals surface area (Å²) >= 11 is 0. The molecule has 1 N–H and O–H groups in total. The van der Waals surface area contributed by atoms with Crippen LogP contribution in [0.25, 0.3) is 11.1 Å². The summed E-state index contributed by atoms with van der Waals surface area (Å²) in [6.45, 7) is 5.70. The van der Waals surface area contributed by atoms with Gasteiger partial charge in [-0.2, -0.15) is 0 Å². The number of esters is 1. The second-order valence-corrected chi connectivity index (χ2v) is 11.0. The zero-order chi connectivity index (χ0) is 27.0. The number of fused-ring (bicyclic) bond motifs is 4. The van der Waals surface area contributed by atoms with Crippen molar-refractivity contribution in [2.75, 3.05) is 13.2 Å². The van der Waals surface area contributed by atoms with Crippen LogP contribution in [0, 0.1) is 0 Å². The van der Waals surface area contributed by atoms with Gasteiger partial charge in [-0.3, -0.25) is 14.6 Å². The molecule has 3 aliphatic rings. The molecule has 0 radical (unpaired) electrons. The predicted molar refractivity (Wildman–Crippen MR) is 139 cm³/mol. The first-order valence-corrected chi connectivity index (χ1v) is 13.1. The van der Waals surface area contributed by atoms with E-state index in [0.29, 0.717) is 19.4 Å². The van der Waals surface area contributed by atoms with Gasteiger partial charge in [0.05, 0.1) is 0 Å². The van der Waals surface area contributed by atoms with Crippen LogP contribution in [0.1, 0.15) is 63.5 Å². The number of hydrogen-bond acceptors (Lipinski definition) is 6. The van der Waals surface area contributed by atoms with E-state index in [4.69, 9.17) is 9.47 Å². The van der Waals surface area contributed by atoms with Gasteiger partial charge in [-0.1, -0.05) is 48.5 Å². The lowest BCUT2D eigenvalue weighted by Crippen LogP contribution is -2.62. The Morgan fingerprint density at radius 3 is 2.24 bits per heavy atom. The van der Waals surface area contributed by atoms with Crippen LogP contribution in [0.4, 0.5) is 4.79 Å². The Bertz CT molecular complexity index is 1220. The zero-order valence-electron chi connectivity index (χ0n) is 21.9. The third-order valence-corrected chi connectivity index (χ3v) is 7.18. The van der Waals surface area contributed by atoms with Gasteiger partial charge in [0, 0.05) is 18.9 Å². The second kappa shape index (κ2) is 10.1. The van der Waals surface area contributed by atoms with Crippen LogP contribution >= 0.6 is 0 Å². The fourth-order valence-electron chi connectivity index (χ4n) is 5.53. The third kappa shape index (κ3) is 4.97. The molecule has 0 spiro atoms. The van der Waals surface area contributed by atoms with E-state index in [0.717, 1.165) is 22.3 Å². The molecule has 2 saturated heterocycles. The van der Waals surface area contributed by atoms with Crippen LogP contribution in [0.3, 0.4) is 0 Å². The minimum Gasteiger partial charge on any atom is -0.458 e. The van der Waals surface area contributed by atoms with Gasteiger partial charge in [-0.15, -0.1) is 0 Å². The highest BCUT2D eigenvalue weighted by Crippen LogP contribution is 2.44. The van der Waals surface area contributed by atoms with E-state index in [1.807, 2.05) is 36.4 Å². The lowest BCUT2D eigenvalue weighted by Gasteiger charge is -2.43. The highest BCUT2D eigenvalue weighted by atomic mass is 16.6. The molecule has 38 heavy (non-hydrogen) atoms. The number of nitrogens with zero attached hydrogens (tertiary/aromatic N) is 2. The first-order chi connectivity index (χ1) is 18.1. The molecule has 5 rings (SSSR count). The van der Waals surface area contributed by atoms with Gasteiger partial charge in [0.25, 0.3) is 5.91 Å². The standard InChI is InChI=1S/C29H33N3O6/c1-29(2,3)38-27(35)24-13-8-16-31-25(33)15-14-23(26(34)32(24)31)30-28(36)37-17-22-20-11-6-4-9-18(20)19-10-5-7-12-21(19)22/h4-7,9-12,22-24H,8,13-17H2,1-3H3,(H,30,36)/t23-,24-/m0/s1. The van der Waals surface area contributed by atoms with Crippen molar-refractivity contribution in [2.45, 2.75) is 70.1 Å². The van der Waals surface area contributed by atoms with Crippen molar-refractivity contribution in [1.82, 2.24) is 15.3 Å². The van der Waals surface area contributed by atoms with Crippen molar-refractivity contribution in [1.29, 1.82) is 0 Å². The van der Waals surface area contributed by atoms with Crippen LogP contribution < -0.4 is 5.32 Å². The number of carbonyl (C=O) groups is 4. The number of alkyl carbamates (subject to hydrolysis) is 1. The van der Waals surface area contributed by atoms with E-state index >= 15 is 0 Å². The molecule has 2 atom stereocenters. The van der Waals surface area contributed by atoms with E-state index < -0.39 is 35.7 Å². The van der Waals surface area contributed by atoms with Crippen LogP contribution in [-0.4, -0.2) is 64.7 Å². The van der Waals surface area contributed by atoms with Crippen molar-refractivity contribution in [3.05, 3.63) is 59.7 Å². The monoisotopic (exact) mass is 519 g/mol. The third-order valence-electron chi connectivity index (χ3n) is 7.18. The maximum atomic E-state index is 13.6. The lowest BCUT2D eigenvalue weighted by atomic mass is 9.98. The van der Waals surface area contributed by atoms with E-state index in [-0.39, 0.29) is 31.3 Å². The minimum atomic E-state index is -0.998. The predicted octanol–water partition coefficient (Wildman–Crippen LogP) is 3.76. The first kappa shape index (κ1) is 25.8. The van der Waals surface area contributed by atoms with Crippen LogP contribution in [0.2, 0.25) is 0 Å². The number of hydrogen-bond donors (Lipinski definition) is 1. The molecule has 3 amide bonds. The Balaban J connectivity index is 1.29. The number of nitrogens with one attached hydrogen (secondary N) is 1. The Labute approximate surface area is 222 Å². The summed E-state index contributed by atoms with van der Waals surface area (Å²) in [6.07, 6.45) is 0.399. The molecular weight excluding hydrogens is 486 g/mol. The molecule has 200 valence electrons. The van der Waals surface area contributed by atoms with Crippen molar-refractivity contribution < 1.29 is 28.7 Å². The molecule has 9 heteroatoms. The van der Waals surface area contributed by atoms with Gasteiger partial charge >= 0.3 is 12.1 Å². The van der Waals surface area contributed by atoms with Crippen molar-refractivity contribution >= 4 is 23.9 Å². The molecule has 2 aliphatic heterocycles.